The summed E-state index contributed by atoms with van der Waals surface area (Å²) in [6.07, 6.45) is 0. The molecular weight excluding hydrogens is 400 g/mol. The van der Waals surface area contributed by atoms with Crippen LogP contribution in [-0.4, -0.2) is 21.0 Å². The Labute approximate surface area is 156 Å². The second kappa shape index (κ2) is 6.06. The molecule has 1 aliphatic heterocycles. The number of rotatable bonds is 3. The van der Waals surface area contributed by atoms with Crippen LogP contribution in [0, 0.1) is 17.0 Å². The largest absolute Gasteiger partial charge is 0.295 e. The molecule has 0 saturated heterocycles. The van der Waals surface area contributed by atoms with E-state index < -0.39 is 11.0 Å². The molecule has 0 bridgehead atoms. The molecule has 8 heteroatoms. The zero-order valence-corrected chi connectivity index (χ0v) is 15.2. The third-order valence-corrected chi connectivity index (χ3v) is 5.01. The summed E-state index contributed by atoms with van der Waals surface area (Å²) < 4.78 is 0.879. The zero-order chi connectivity index (χ0) is 18.4. The number of aromatic amines is 1. The van der Waals surface area contributed by atoms with Crippen molar-refractivity contribution in [2.24, 2.45) is 0 Å². The Morgan fingerprint density at radius 2 is 1.88 bits per heavy atom. The van der Waals surface area contributed by atoms with Gasteiger partial charge in [0.05, 0.1) is 16.5 Å². The van der Waals surface area contributed by atoms with E-state index >= 15 is 0 Å². The Hall–Kier alpha value is -3.00. The van der Waals surface area contributed by atoms with Crippen molar-refractivity contribution < 1.29 is 9.72 Å². The standard InChI is InChI=1S/C18H13BrN4O3/c1-10-15-16(21-20-10)18(24)22(12-8-6-11(19)7-9-12)17(15)13-4-2-3-5-14(13)23(25)26/h2-9,17H,1H3,(H,20,21). The highest BCUT2D eigenvalue weighted by Gasteiger charge is 2.44. The van der Waals surface area contributed by atoms with E-state index in [0.717, 1.165) is 10.2 Å². The Balaban J connectivity index is 1.96. The van der Waals surface area contributed by atoms with Gasteiger partial charge in [0.25, 0.3) is 11.6 Å². The Kier molecular flexibility index (Phi) is 3.84. The van der Waals surface area contributed by atoms with E-state index in [9.17, 15) is 14.9 Å². The number of anilines is 1. The molecule has 26 heavy (non-hydrogen) atoms. The van der Waals surface area contributed by atoms with Crippen LogP contribution in [0.25, 0.3) is 0 Å². The van der Waals surface area contributed by atoms with Crippen molar-refractivity contribution in [1.82, 2.24) is 10.2 Å². The SMILES string of the molecule is Cc1[nH]nc2c1C(c1ccccc1[N+](=O)[O-])N(c1ccc(Br)cc1)C2=O. The van der Waals surface area contributed by atoms with Crippen LogP contribution in [0.5, 0.6) is 0 Å². The highest BCUT2D eigenvalue weighted by Crippen LogP contribution is 2.44. The first-order chi connectivity index (χ1) is 12.5. The molecule has 0 saturated carbocycles. The fourth-order valence-corrected chi connectivity index (χ4v) is 3.61. The Morgan fingerprint density at radius 1 is 1.19 bits per heavy atom. The van der Waals surface area contributed by atoms with Crippen LogP contribution in [0.15, 0.2) is 53.0 Å². The number of aryl methyl sites for hydroxylation is 1. The number of nitrogens with zero attached hydrogens (tertiary/aromatic N) is 3. The van der Waals surface area contributed by atoms with Gasteiger partial charge in [-0.1, -0.05) is 28.1 Å². The van der Waals surface area contributed by atoms with E-state index in [0.29, 0.717) is 22.5 Å². The summed E-state index contributed by atoms with van der Waals surface area (Å²) in [5, 5.41) is 18.5. The molecule has 1 aliphatic rings. The maximum absolute atomic E-state index is 13.0. The van der Waals surface area contributed by atoms with Crippen molar-refractivity contribution >= 4 is 33.2 Å². The fourth-order valence-electron chi connectivity index (χ4n) is 3.34. The molecule has 1 atom stereocenters. The lowest BCUT2D eigenvalue weighted by Crippen LogP contribution is -2.29. The van der Waals surface area contributed by atoms with Gasteiger partial charge in [0, 0.05) is 27.5 Å². The summed E-state index contributed by atoms with van der Waals surface area (Å²) in [5.74, 6) is -0.283. The highest BCUT2D eigenvalue weighted by atomic mass is 79.9. The molecule has 0 fully saturated rings. The molecule has 1 amide bonds. The van der Waals surface area contributed by atoms with E-state index in [-0.39, 0.29) is 11.6 Å². The smallest absolute Gasteiger partial charge is 0.280 e. The molecule has 1 aromatic heterocycles. The molecule has 1 N–H and O–H groups in total. The van der Waals surface area contributed by atoms with Gasteiger partial charge in [0.1, 0.15) is 0 Å². The van der Waals surface area contributed by atoms with Gasteiger partial charge in [-0.15, -0.1) is 0 Å². The number of H-pyrrole nitrogens is 1. The van der Waals surface area contributed by atoms with Gasteiger partial charge in [0.2, 0.25) is 0 Å². The third-order valence-electron chi connectivity index (χ3n) is 4.48. The van der Waals surface area contributed by atoms with E-state index in [1.165, 1.54) is 6.07 Å². The Morgan fingerprint density at radius 3 is 2.58 bits per heavy atom. The van der Waals surface area contributed by atoms with Crippen molar-refractivity contribution in [2.75, 3.05) is 4.90 Å². The number of aromatic nitrogens is 2. The molecule has 4 rings (SSSR count). The van der Waals surface area contributed by atoms with Crippen molar-refractivity contribution in [1.29, 1.82) is 0 Å². The monoisotopic (exact) mass is 412 g/mol. The van der Waals surface area contributed by atoms with E-state index in [1.54, 1.807) is 35.2 Å². The molecule has 0 radical (unpaired) electrons. The van der Waals surface area contributed by atoms with E-state index in [2.05, 4.69) is 26.1 Å². The lowest BCUT2D eigenvalue weighted by atomic mass is 9.97. The minimum atomic E-state index is -0.612. The average Bonchev–Trinajstić information content (AvgIpc) is 3.14. The summed E-state index contributed by atoms with van der Waals surface area (Å²) in [4.78, 5) is 25.7. The first-order valence-corrected chi connectivity index (χ1v) is 8.65. The number of hydrogen-bond donors (Lipinski definition) is 1. The number of nitro benzene ring substituents is 1. The molecule has 2 aromatic carbocycles. The van der Waals surface area contributed by atoms with Crippen LogP contribution in [0.3, 0.4) is 0 Å². The number of carbonyl (C=O) groups is 1. The second-order valence-corrected chi connectivity index (χ2v) is 6.90. The summed E-state index contributed by atoms with van der Waals surface area (Å²) >= 11 is 3.38. The molecule has 1 unspecified atom stereocenters. The molecule has 3 aromatic rings. The van der Waals surface area contributed by atoms with Crippen LogP contribution in [-0.2, 0) is 0 Å². The first kappa shape index (κ1) is 16.5. The number of para-hydroxylation sites is 1. The van der Waals surface area contributed by atoms with E-state index in [4.69, 9.17) is 0 Å². The van der Waals surface area contributed by atoms with Gasteiger partial charge >= 0.3 is 0 Å². The van der Waals surface area contributed by atoms with Gasteiger partial charge in [-0.2, -0.15) is 5.10 Å². The van der Waals surface area contributed by atoms with Crippen LogP contribution in [0.1, 0.15) is 33.4 Å². The minimum Gasteiger partial charge on any atom is -0.295 e. The lowest BCUT2D eigenvalue weighted by Gasteiger charge is -2.26. The number of carbonyl (C=O) groups excluding carboxylic acids is 1. The highest BCUT2D eigenvalue weighted by molar-refractivity contribution is 9.10. The molecule has 7 nitrogen and oxygen atoms in total. The molecular formula is C18H13BrN4O3. The summed E-state index contributed by atoms with van der Waals surface area (Å²) in [6, 6.07) is 13.1. The lowest BCUT2D eigenvalue weighted by molar-refractivity contribution is -0.385. The van der Waals surface area contributed by atoms with Crippen LogP contribution in [0.4, 0.5) is 11.4 Å². The Bertz CT molecular complexity index is 1030. The summed E-state index contributed by atoms with van der Waals surface area (Å²) in [6.45, 7) is 1.81. The number of halogens is 1. The van der Waals surface area contributed by atoms with Crippen molar-refractivity contribution in [3.63, 3.8) is 0 Å². The number of amides is 1. The zero-order valence-electron chi connectivity index (χ0n) is 13.6. The molecule has 130 valence electrons. The minimum absolute atomic E-state index is 0.0270. The van der Waals surface area contributed by atoms with Crippen molar-refractivity contribution in [2.45, 2.75) is 13.0 Å². The molecule has 2 heterocycles. The maximum Gasteiger partial charge on any atom is 0.280 e. The normalized spacial score (nSPS) is 16.0. The average molecular weight is 413 g/mol. The fraction of sp³-hybridized carbons (Fsp3) is 0.111. The number of hydrogen-bond acceptors (Lipinski definition) is 4. The summed E-state index contributed by atoms with van der Waals surface area (Å²) in [5.41, 5.74) is 2.77. The van der Waals surface area contributed by atoms with Gasteiger partial charge in [-0.3, -0.25) is 24.9 Å². The molecule has 0 spiro atoms. The third kappa shape index (κ3) is 2.41. The predicted molar refractivity (Wildman–Crippen MR) is 99.2 cm³/mol. The van der Waals surface area contributed by atoms with Gasteiger partial charge in [0.15, 0.2) is 5.69 Å². The van der Waals surface area contributed by atoms with Gasteiger partial charge in [-0.05, 0) is 37.3 Å². The molecule has 0 aliphatic carbocycles. The number of nitrogens with one attached hydrogen (secondary N) is 1. The van der Waals surface area contributed by atoms with Crippen molar-refractivity contribution in [3.8, 4) is 0 Å². The van der Waals surface area contributed by atoms with Crippen LogP contribution in [0.2, 0.25) is 0 Å². The maximum atomic E-state index is 13.0. The number of nitro groups is 1. The van der Waals surface area contributed by atoms with Gasteiger partial charge in [-0.25, -0.2) is 0 Å². The topological polar surface area (TPSA) is 92.1 Å². The number of fused-ring (bicyclic) bond motifs is 1. The second-order valence-electron chi connectivity index (χ2n) is 5.98. The van der Waals surface area contributed by atoms with Crippen LogP contribution >= 0.6 is 15.9 Å². The number of benzene rings is 2. The summed E-state index contributed by atoms with van der Waals surface area (Å²) in [7, 11) is 0. The van der Waals surface area contributed by atoms with E-state index in [1.807, 2.05) is 19.1 Å². The quantitative estimate of drug-likeness (QED) is 0.516. The predicted octanol–water partition coefficient (Wildman–Crippen LogP) is 4.14. The van der Waals surface area contributed by atoms with Crippen molar-refractivity contribution in [3.05, 3.63) is 85.6 Å². The van der Waals surface area contributed by atoms with Crippen LogP contribution < -0.4 is 4.90 Å². The van der Waals surface area contributed by atoms with Gasteiger partial charge < -0.3 is 0 Å². The first-order valence-electron chi connectivity index (χ1n) is 7.86.